The van der Waals surface area contributed by atoms with Crippen LogP contribution in [0.3, 0.4) is 0 Å². The van der Waals surface area contributed by atoms with Gasteiger partial charge in [-0.1, -0.05) is 30.3 Å². The van der Waals surface area contributed by atoms with Gasteiger partial charge < -0.3 is 9.84 Å². The summed E-state index contributed by atoms with van der Waals surface area (Å²) in [5.41, 5.74) is 2.57. The van der Waals surface area contributed by atoms with Crippen LogP contribution in [-0.2, 0) is 0 Å². The minimum Gasteiger partial charge on any atom is -0.475 e. The first-order chi connectivity index (χ1) is 9.08. The van der Waals surface area contributed by atoms with Crippen LogP contribution < -0.4 is 4.74 Å². The molecule has 1 atom stereocenters. The summed E-state index contributed by atoms with van der Waals surface area (Å²) < 4.78 is 5.59. The summed E-state index contributed by atoms with van der Waals surface area (Å²) in [6.45, 7) is 5.87. The average molecular weight is 257 g/mol. The Morgan fingerprint density at radius 3 is 2.37 bits per heavy atom. The van der Waals surface area contributed by atoms with Crippen molar-refractivity contribution in [1.82, 2.24) is 4.98 Å². The molecule has 1 unspecified atom stereocenters. The van der Waals surface area contributed by atoms with Gasteiger partial charge in [0.2, 0.25) is 5.88 Å². The molecule has 0 aliphatic heterocycles. The number of nitrogens with zero attached hydrogens (tertiary/aromatic N) is 1. The van der Waals surface area contributed by atoms with E-state index in [2.05, 4.69) is 4.98 Å². The van der Waals surface area contributed by atoms with Crippen LogP contribution in [0.2, 0.25) is 0 Å². The summed E-state index contributed by atoms with van der Waals surface area (Å²) in [6, 6.07) is 11.5. The summed E-state index contributed by atoms with van der Waals surface area (Å²) in [5.74, 6) is 0.624. The third kappa shape index (κ3) is 3.32. The minimum absolute atomic E-state index is 0.0936. The molecule has 0 fully saturated rings. The van der Waals surface area contributed by atoms with E-state index in [1.54, 1.807) is 6.20 Å². The molecule has 0 saturated heterocycles. The number of aromatic nitrogens is 1. The Labute approximate surface area is 113 Å². The number of aliphatic hydroxyl groups is 1. The van der Waals surface area contributed by atoms with E-state index in [4.69, 9.17) is 4.74 Å². The Hall–Kier alpha value is -1.87. The fraction of sp³-hybridized carbons (Fsp3) is 0.312. The second kappa shape index (κ2) is 5.85. The van der Waals surface area contributed by atoms with Crippen molar-refractivity contribution in [3.05, 3.63) is 59.3 Å². The molecule has 2 aromatic rings. The molecule has 1 N–H and O–H groups in total. The summed E-state index contributed by atoms with van der Waals surface area (Å²) in [7, 11) is 0. The van der Waals surface area contributed by atoms with Gasteiger partial charge >= 0.3 is 0 Å². The lowest BCUT2D eigenvalue weighted by Crippen LogP contribution is -2.09. The van der Waals surface area contributed by atoms with Crippen LogP contribution in [0.5, 0.6) is 5.88 Å². The number of aryl methyl sites for hydroxylation is 1. The zero-order valence-corrected chi connectivity index (χ0v) is 11.5. The second-order valence-electron chi connectivity index (χ2n) is 4.87. The molecule has 3 heteroatoms. The molecular weight excluding hydrogens is 238 g/mol. The van der Waals surface area contributed by atoms with E-state index in [0.717, 1.165) is 16.7 Å². The number of hydrogen-bond donors (Lipinski definition) is 1. The van der Waals surface area contributed by atoms with Gasteiger partial charge in [-0.05, 0) is 32.4 Å². The minimum atomic E-state index is -0.652. The third-order valence-corrected chi connectivity index (χ3v) is 2.83. The highest BCUT2D eigenvalue weighted by atomic mass is 16.5. The van der Waals surface area contributed by atoms with Gasteiger partial charge in [0.15, 0.2) is 0 Å². The predicted octanol–water partition coefficient (Wildman–Crippen LogP) is 3.26. The van der Waals surface area contributed by atoms with E-state index in [-0.39, 0.29) is 6.10 Å². The average Bonchev–Trinajstić information content (AvgIpc) is 2.41. The highest BCUT2D eigenvalue weighted by molar-refractivity contribution is 5.34. The van der Waals surface area contributed by atoms with Gasteiger partial charge in [0.05, 0.1) is 6.10 Å². The molecule has 0 amide bonds. The van der Waals surface area contributed by atoms with Crippen molar-refractivity contribution >= 4 is 0 Å². The van der Waals surface area contributed by atoms with E-state index >= 15 is 0 Å². The molecule has 3 nitrogen and oxygen atoms in total. The van der Waals surface area contributed by atoms with Crippen molar-refractivity contribution in [2.24, 2.45) is 0 Å². The van der Waals surface area contributed by atoms with Gasteiger partial charge in [-0.25, -0.2) is 4.98 Å². The normalized spacial score (nSPS) is 12.5. The number of ether oxygens (including phenoxy) is 1. The molecule has 0 radical (unpaired) electrons. The van der Waals surface area contributed by atoms with Gasteiger partial charge in [0.25, 0.3) is 0 Å². The molecule has 0 aliphatic carbocycles. The number of hydrogen-bond acceptors (Lipinski definition) is 3. The lowest BCUT2D eigenvalue weighted by molar-refractivity contribution is 0.216. The standard InChI is InChI=1S/C16H19NO2/c1-11(2)19-16-12(3)9-14(10-17-16)15(18)13-7-5-4-6-8-13/h4-11,15,18H,1-3H3. The molecule has 0 saturated carbocycles. The maximum atomic E-state index is 10.3. The van der Waals surface area contributed by atoms with Crippen LogP contribution in [0, 0.1) is 6.92 Å². The summed E-state index contributed by atoms with van der Waals surface area (Å²) in [4.78, 5) is 4.28. The van der Waals surface area contributed by atoms with Crippen LogP contribution in [0.1, 0.15) is 36.6 Å². The third-order valence-electron chi connectivity index (χ3n) is 2.83. The maximum Gasteiger partial charge on any atom is 0.216 e. The van der Waals surface area contributed by atoms with Crippen LogP contribution in [0.15, 0.2) is 42.6 Å². The van der Waals surface area contributed by atoms with Crippen LogP contribution in [0.4, 0.5) is 0 Å². The first kappa shape index (κ1) is 13.6. The number of benzene rings is 1. The molecule has 0 aliphatic rings. The molecule has 1 heterocycles. The van der Waals surface area contributed by atoms with E-state index in [1.807, 2.05) is 57.2 Å². The molecule has 0 spiro atoms. The molecular formula is C16H19NO2. The largest absolute Gasteiger partial charge is 0.475 e. The lowest BCUT2D eigenvalue weighted by atomic mass is 10.0. The summed E-state index contributed by atoms with van der Waals surface area (Å²) in [6.07, 6.45) is 1.11. The maximum absolute atomic E-state index is 10.3. The molecule has 19 heavy (non-hydrogen) atoms. The molecule has 1 aromatic carbocycles. The van der Waals surface area contributed by atoms with Crippen molar-refractivity contribution in [3.8, 4) is 5.88 Å². The molecule has 100 valence electrons. The highest BCUT2D eigenvalue weighted by Gasteiger charge is 2.13. The number of aliphatic hydroxyl groups excluding tert-OH is 1. The Bertz CT molecular complexity index is 538. The fourth-order valence-electron chi connectivity index (χ4n) is 1.91. The fourth-order valence-corrected chi connectivity index (χ4v) is 1.91. The smallest absolute Gasteiger partial charge is 0.216 e. The summed E-state index contributed by atoms with van der Waals surface area (Å²) >= 11 is 0. The van der Waals surface area contributed by atoms with Gasteiger partial charge in [0, 0.05) is 17.3 Å². The van der Waals surface area contributed by atoms with E-state index in [0.29, 0.717) is 5.88 Å². The predicted molar refractivity (Wildman–Crippen MR) is 75.2 cm³/mol. The molecule has 0 bridgehead atoms. The zero-order chi connectivity index (χ0) is 13.8. The Morgan fingerprint density at radius 2 is 1.79 bits per heavy atom. The Balaban J connectivity index is 2.25. The number of rotatable bonds is 4. The Morgan fingerprint density at radius 1 is 1.11 bits per heavy atom. The first-order valence-electron chi connectivity index (χ1n) is 6.44. The molecule has 1 aromatic heterocycles. The first-order valence-corrected chi connectivity index (χ1v) is 6.44. The quantitative estimate of drug-likeness (QED) is 0.914. The van der Waals surface area contributed by atoms with Gasteiger partial charge in [-0.3, -0.25) is 0 Å². The monoisotopic (exact) mass is 257 g/mol. The van der Waals surface area contributed by atoms with E-state index in [1.165, 1.54) is 0 Å². The zero-order valence-electron chi connectivity index (χ0n) is 11.5. The lowest BCUT2D eigenvalue weighted by Gasteiger charge is -2.15. The van der Waals surface area contributed by atoms with Crippen molar-refractivity contribution in [2.45, 2.75) is 33.0 Å². The van der Waals surface area contributed by atoms with Crippen molar-refractivity contribution < 1.29 is 9.84 Å². The van der Waals surface area contributed by atoms with Gasteiger partial charge in [-0.15, -0.1) is 0 Å². The van der Waals surface area contributed by atoms with Gasteiger partial charge in [0.1, 0.15) is 6.10 Å². The van der Waals surface area contributed by atoms with Crippen LogP contribution in [0.25, 0.3) is 0 Å². The van der Waals surface area contributed by atoms with Crippen LogP contribution >= 0.6 is 0 Å². The number of pyridine rings is 1. The Kier molecular flexibility index (Phi) is 4.17. The second-order valence-corrected chi connectivity index (χ2v) is 4.87. The van der Waals surface area contributed by atoms with Crippen molar-refractivity contribution in [1.29, 1.82) is 0 Å². The van der Waals surface area contributed by atoms with E-state index in [9.17, 15) is 5.11 Å². The van der Waals surface area contributed by atoms with Crippen molar-refractivity contribution in [3.63, 3.8) is 0 Å². The highest BCUT2D eigenvalue weighted by Crippen LogP contribution is 2.25. The van der Waals surface area contributed by atoms with Crippen molar-refractivity contribution in [2.75, 3.05) is 0 Å². The van der Waals surface area contributed by atoms with Gasteiger partial charge in [-0.2, -0.15) is 0 Å². The topological polar surface area (TPSA) is 42.4 Å². The molecule has 2 rings (SSSR count). The summed E-state index contributed by atoms with van der Waals surface area (Å²) in [5, 5.41) is 10.3. The van der Waals surface area contributed by atoms with E-state index < -0.39 is 6.10 Å². The SMILES string of the molecule is Cc1cc(C(O)c2ccccc2)cnc1OC(C)C. The van der Waals surface area contributed by atoms with Crippen LogP contribution in [-0.4, -0.2) is 16.2 Å².